The standard InChI is InChI=1S/C27H35F2NO4S/c1-19(7-5-10-20-8-3-2-4-9-20)24(31)15-12-21-18-27(28,29)26(34)30(21)16-6-11-22-13-14-23(35-22)17-25(32)33/h2-4,8-9,13-14,19,21,24,31H,5-7,10-12,15-18H2,1H3,(H,32,33)/t19-,21-,24+/m0/s1. The molecule has 1 aromatic carbocycles. The van der Waals surface area contributed by atoms with E-state index in [4.69, 9.17) is 5.11 Å². The summed E-state index contributed by atoms with van der Waals surface area (Å²) in [5.74, 6) is -5.30. The van der Waals surface area contributed by atoms with Crippen LogP contribution in [0.5, 0.6) is 0 Å². The summed E-state index contributed by atoms with van der Waals surface area (Å²) >= 11 is 1.40. The summed E-state index contributed by atoms with van der Waals surface area (Å²) in [6.07, 6.45) is 3.51. The molecule has 192 valence electrons. The van der Waals surface area contributed by atoms with E-state index in [1.807, 2.05) is 31.2 Å². The zero-order valence-corrected chi connectivity index (χ0v) is 21.0. The van der Waals surface area contributed by atoms with E-state index in [1.165, 1.54) is 21.8 Å². The van der Waals surface area contributed by atoms with Crippen LogP contribution < -0.4 is 0 Å². The van der Waals surface area contributed by atoms with Crippen LogP contribution in [0.2, 0.25) is 0 Å². The fraction of sp³-hybridized carbons (Fsp3) is 0.556. The first-order valence-corrected chi connectivity index (χ1v) is 13.2. The lowest BCUT2D eigenvalue weighted by molar-refractivity contribution is -0.148. The van der Waals surface area contributed by atoms with Crippen LogP contribution in [0.25, 0.3) is 0 Å². The minimum Gasteiger partial charge on any atom is -0.481 e. The van der Waals surface area contributed by atoms with E-state index in [2.05, 4.69) is 12.1 Å². The Bertz CT molecular complexity index is 965. The van der Waals surface area contributed by atoms with E-state index in [1.54, 1.807) is 6.07 Å². The average Bonchev–Trinajstić information content (AvgIpc) is 3.34. The van der Waals surface area contributed by atoms with Crippen molar-refractivity contribution in [1.29, 1.82) is 0 Å². The Hall–Kier alpha value is -2.32. The van der Waals surface area contributed by atoms with E-state index >= 15 is 0 Å². The summed E-state index contributed by atoms with van der Waals surface area (Å²) in [6, 6.07) is 13.2. The normalized spacial score (nSPS) is 19.1. The Kier molecular flexibility index (Phi) is 9.80. The molecule has 1 aliphatic rings. The Morgan fingerprint density at radius 1 is 1.11 bits per heavy atom. The number of likely N-dealkylation sites (tertiary alicyclic amines) is 1. The summed E-state index contributed by atoms with van der Waals surface area (Å²) in [5.41, 5.74) is 1.26. The molecule has 2 heterocycles. The van der Waals surface area contributed by atoms with Crippen molar-refractivity contribution in [3.63, 3.8) is 0 Å². The Morgan fingerprint density at radius 3 is 2.54 bits per heavy atom. The number of hydrogen-bond donors (Lipinski definition) is 2. The van der Waals surface area contributed by atoms with Crippen LogP contribution in [-0.4, -0.2) is 51.6 Å². The van der Waals surface area contributed by atoms with Gasteiger partial charge < -0.3 is 15.1 Å². The molecule has 2 N–H and O–H groups in total. The molecular weight excluding hydrogens is 472 g/mol. The number of aryl methyl sites for hydroxylation is 2. The second kappa shape index (κ2) is 12.6. The van der Waals surface area contributed by atoms with Crippen molar-refractivity contribution < 1.29 is 28.6 Å². The SMILES string of the molecule is C[C@@H](CCCc1ccccc1)[C@H](O)CC[C@H]1CC(F)(F)C(=O)N1CCCc1ccc(CC(=O)O)s1. The van der Waals surface area contributed by atoms with Gasteiger partial charge in [0.15, 0.2) is 0 Å². The van der Waals surface area contributed by atoms with Gasteiger partial charge in [-0.2, -0.15) is 8.78 Å². The molecule has 3 rings (SSSR count). The molecule has 1 saturated heterocycles. The lowest BCUT2D eigenvalue weighted by atomic mass is 9.92. The molecule has 3 atom stereocenters. The van der Waals surface area contributed by atoms with Crippen LogP contribution >= 0.6 is 11.3 Å². The number of aliphatic hydroxyl groups is 1. The molecular formula is C27H35F2NO4S. The predicted molar refractivity (Wildman–Crippen MR) is 133 cm³/mol. The number of alkyl halides is 2. The maximum Gasteiger partial charge on any atom is 0.326 e. The minimum atomic E-state index is -3.35. The second-order valence-corrected chi connectivity index (χ2v) is 10.9. The van der Waals surface area contributed by atoms with Crippen molar-refractivity contribution in [2.75, 3.05) is 6.54 Å². The van der Waals surface area contributed by atoms with Gasteiger partial charge in [-0.15, -0.1) is 11.3 Å². The van der Waals surface area contributed by atoms with Gasteiger partial charge in [0.25, 0.3) is 5.91 Å². The topological polar surface area (TPSA) is 77.8 Å². The quantitative estimate of drug-likeness (QED) is 0.362. The lowest BCUT2D eigenvalue weighted by Crippen LogP contribution is -2.37. The maximum absolute atomic E-state index is 14.2. The Labute approximate surface area is 209 Å². The van der Waals surface area contributed by atoms with Crippen molar-refractivity contribution in [2.24, 2.45) is 5.92 Å². The van der Waals surface area contributed by atoms with Crippen molar-refractivity contribution in [2.45, 2.75) is 82.8 Å². The third-order valence-corrected chi connectivity index (χ3v) is 7.94. The van der Waals surface area contributed by atoms with E-state index in [-0.39, 0.29) is 18.9 Å². The number of halogens is 2. The molecule has 8 heteroatoms. The van der Waals surface area contributed by atoms with Crippen LogP contribution in [-0.2, 0) is 28.9 Å². The van der Waals surface area contributed by atoms with Gasteiger partial charge >= 0.3 is 11.9 Å². The van der Waals surface area contributed by atoms with Crippen LogP contribution in [0, 0.1) is 5.92 Å². The average molecular weight is 508 g/mol. The van der Waals surface area contributed by atoms with E-state index in [0.29, 0.717) is 25.7 Å². The molecule has 1 aromatic heterocycles. The highest BCUT2D eigenvalue weighted by molar-refractivity contribution is 7.12. The van der Waals surface area contributed by atoms with E-state index in [0.717, 1.165) is 29.0 Å². The van der Waals surface area contributed by atoms with Crippen molar-refractivity contribution in [3.05, 3.63) is 57.8 Å². The number of hydrogen-bond acceptors (Lipinski definition) is 4. The highest BCUT2D eigenvalue weighted by Crippen LogP contribution is 2.36. The third kappa shape index (κ3) is 8.10. The number of nitrogens with zero attached hydrogens (tertiary/aromatic N) is 1. The molecule has 0 radical (unpaired) electrons. The number of carbonyl (C=O) groups excluding carboxylic acids is 1. The summed E-state index contributed by atoms with van der Waals surface area (Å²) in [6.45, 7) is 2.22. The minimum absolute atomic E-state index is 0.0312. The zero-order valence-electron chi connectivity index (χ0n) is 20.2. The van der Waals surface area contributed by atoms with Gasteiger partial charge in [0.2, 0.25) is 0 Å². The number of aliphatic hydroxyl groups excluding tert-OH is 1. The number of amides is 1. The molecule has 1 aliphatic heterocycles. The molecule has 35 heavy (non-hydrogen) atoms. The van der Waals surface area contributed by atoms with Gasteiger partial charge in [0.1, 0.15) is 0 Å². The highest BCUT2D eigenvalue weighted by Gasteiger charge is 2.52. The number of carboxylic acid groups (broad SMARTS) is 1. The maximum atomic E-state index is 14.2. The fourth-order valence-electron chi connectivity index (χ4n) is 4.75. The highest BCUT2D eigenvalue weighted by atomic mass is 32.1. The number of aliphatic carboxylic acids is 1. The molecule has 1 fully saturated rings. The summed E-state index contributed by atoms with van der Waals surface area (Å²) < 4.78 is 28.4. The van der Waals surface area contributed by atoms with Gasteiger partial charge in [0.05, 0.1) is 12.5 Å². The largest absolute Gasteiger partial charge is 0.481 e. The van der Waals surface area contributed by atoms with Gasteiger partial charge in [-0.3, -0.25) is 9.59 Å². The first kappa shape index (κ1) is 27.3. The molecule has 0 aliphatic carbocycles. The van der Waals surface area contributed by atoms with Gasteiger partial charge in [0, 0.05) is 28.8 Å². The van der Waals surface area contributed by atoms with Gasteiger partial charge in [-0.25, -0.2) is 0 Å². The monoisotopic (exact) mass is 507 g/mol. The van der Waals surface area contributed by atoms with Gasteiger partial charge in [-0.05, 0) is 68.6 Å². The molecule has 5 nitrogen and oxygen atoms in total. The number of rotatable bonds is 14. The van der Waals surface area contributed by atoms with Crippen LogP contribution in [0.3, 0.4) is 0 Å². The van der Waals surface area contributed by atoms with Crippen molar-refractivity contribution in [1.82, 2.24) is 4.90 Å². The summed E-state index contributed by atoms with van der Waals surface area (Å²) in [5, 5.41) is 19.5. The smallest absolute Gasteiger partial charge is 0.326 e. The molecule has 0 unspecified atom stereocenters. The summed E-state index contributed by atoms with van der Waals surface area (Å²) in [4.78, 5) is 26.2. The van der Waals surface area contributed by atoms with Crippen LogP contribution in [0.1, 0.15) is 60.8 Å². The number of carboxylic acids is 1. The fourth-order valence-corrected chi connectivity index (χ4v) is 5.80. The molecule has 0 bridgehead atoms. The molecule has 0 spiro atoms. The second-order valence-electron chi connectivity index (χ2n) is 9.60. The van der Waals surface area contributed by atoms with E-state index < -0.39 is 36.4 Å². The predicted octanol–water partition coefficient (Wildman–Crippen LogP) is 5.34. The third-order valence-electron chi connectivity index (χ3n) is 6.79. The van der Waals surface area contributed by atoms with Gasteiger partial charge in [-0.1, -0.05) is 37.3 Å². The number of benzene rings is 1. The first-order valence-electron chi connectivity index (χ1n) is 12.4. The Morgan fingerprint density at radius 2 is 1.83 bits per heavy atom. The zero-order chi connectivity index (χ0) is 25.4. The molecule has 2 aromatic rings. The Balaban J connectivity index is 1.45. The molecule has 0 saturated carbocycles. The molecule has 1 amide bonds. The van der Waals surface area contributed by atoms with Crippen LogP contribution in [0.15, 0.2) is 42.5 Å². The summed E-state index contributed by atoms with van der Waals surface area (Å²) in [7, 11) is 0. The van der Waals surface area contributed by atoms with Crippen molar-refractivity contribution in [3.8, 4) is 0 Å². The van der Waals surface area contributed by atoms with Crippen molar-refractivity contribution >= 4 is 23.2 Å². The number of carbonyl (C=O) groups is 2. The number of thiophene rings is 1. The first-order chi connectivity index (χ1) is 16.7. The van der Waals surface area contributed by atoms with Crippen LogP contribution in [0.4, 0.5) is 8.78 Å². The van der Waals surface area contributed by atoms with E-state index in [9.17, 15) is 23.5 Å². The lowest BCUT2D eigenvalue weighted by Gasteiger charge is -2.26.